The first-order valence-corrected chi connectivity index (χ1v) is 8.20. The second kappa shape index (κ2) is 8.63. The summed E-state index contributed by atoms with van der Waals surface area (Å²) in [5.41, 5.74) is 0.712. The van der Waals surface area contributed by atoms with Gasteiger partial charge < -0.3 is 13.9 Å². The Kier molecular flexibility index (Phi) is 7.18. The molecule has 0 unspecified atom stereocenters. The lowest BCUT2D eigenvalue weighted by Crippen LogP contribution is -2.25. The van der Waals surface area contributed by atoms with Crippen LogP contribution in [0.5, 0.6) is 11.5 Å². The van der Waals surface area contributed by atoms with E-state index in [1.165, 1.54) is 0 Å². The third-order valence-corrected chi connectivity index (χ3v) is 3.93. The van der Waals surface area contributed by atoms with E-state index in [4.69, 9.17) is 13.9 Å². The summed E-state index contributed by atoms with van der Waals surface area (Å²) in [7, 11) is 3.07. The molecule has 2 radical (unpaired) electrons. The molecular formula is C17H24O4Si. The Balaban J connectivity index is 2.86. The fourth-order valence-corrected chi connectivity index (χ4v) is 2.72. The second-order valence-electron chi connectivity index (χ2n) is 5.58. The van der Waals surface area contributed by atoms with Crippen LogP contribution in [-0.4, -0.2) is 30.0 Å². The van der Waals surface area contributed by atoms with Crippen LogP contribution in [0, 0.1) is 11.8 Å². The summed E-state index contributed by atoms with van der Waals surface area (Å²) in [6, 6.07) is 5.45. The minimum absolute atomic E-state index is 0.123. The van der Waals surface area contributed by atoms with Crippen LogP contribution < -0.4 is 14.7 Å². The predicted octanol–water partition coefficient (Wildman–Crippen LogP) is 2.73. The van der Waals surface area contributed by atoms with Gasteiger partial charge in [0, 0.05) is 10.8 Å². The Bertz CT molecular complexity index is 535. The number of carbonyl (C=O) groups excluding carboxylic acids is 1. The van der Waals surface area contributed by atoms with Crippen molar-refractivity contribution < 1.29 is 18.7 Å². The third-order valence-electron chi connectivity index (χ3n) is 3.03. The molecule has 0 heterocycles. The molecule has 0 atom stereocenters. The third kappa shape index (κ3) is 5.22. The molecule has 0 bridgehead atoms. The van der Waals surface area contributed by atoms with Crippen LogP contribution in [0.4, 0.5) is 0 Å². The largest absolute Gasteiger partial charge is 0.508 e. The number of hydrogen-bond donors (Lipinski definition) is 0. The zero-order chi connectivity index (χ0) is 16.7. The topological polar surface area (TPSA) is 44.8 Å². The standard InChI is InChI=1S/C17H24O4Si/c1-11(2)9-14(12(3)4)17(18)21-22-16-10-13(19-5)7-8-15(16)20-6/h7-12H,1-6H3. The molecule has 0 aliphatic rings. The van der Waals surface area contributed by atoms with E-state index < -0.39 is 0 Å². The minimum Gasteiger partial charge on any atom is -0.508 e. The fourth-order valence-electron chi connectivity index (χ4n) is 1.91. The summed E-state index contributed by atoms with van der Waals surface area (Å²) in [6.45, 7) is 8.07. The van der Waals surface area contributed by atoms with Crippen molar-refractivity contribution in [3.05, 3.63) is 29.8 Å². The Labute approximate surface area is 135 Å². The Morgan fingerprint density at radius 1 is 1.14 bits per heavy atom. The Hall–Kier alpha value is -1.75. The summed E-state index contributed by atoms with van der Waals surface area (Å²) < 4.78 is 16.0. The summed E-state index contributed by atoms with van der Waals surface area (Å²) in [6.07, 6.45) is 1.96. The van der Waals surface area contributed by atoms with Gasteiger partial charge in [0.05, 0.1) is 14.2 Å². The molecule has 0 spiro atoms. The summed E-state index contributed by atoms with van der Waals surface area (Å²) >= 11 is 0. The van der Waals surface area contributed by atoms with Crippen LogP contribution in [-0.2, 0) is 9.22 Å². The van der Waals surface area contributed by atoms with Crippen molar-refractivity contribution in [3.63, 3.8) is 0 Å². The van der Waals surface area contributed by atoms with Gasteiger partial charge in [-0.2, -0.15) is 0 Å². The molecule has 0 saturated heterocycles. The molecule has 0 aliphatic carbocycles. The molecule has 22 heavy (non-hydrogen) atoms. The van der Waals surface area contributed by atoms with Gasteiger partial charge >= 0.3 is 15.7 Å². The zero-order valence-corrected chi connectivity index (χ0v) is 15.1. The molecule has 0 fully saturated rings. The SMILES string of the molecule is COc1ccc(OC)c([Si]OC(=O)C(=CC(C)C)C(C)C)c1. The maximum atomic E-state index is 12.3. The number of hydrogen-bond acceptors (Lipinski definition) is 4. The average molecular weight is 320 g/mol. The molecule has 1 aromatic rings. The highest BCUT2D eigenvalue weighted by atomic mass is 28.2. The minimum atomic E-state index is -0.271. The van der Waals surface area contributed by atoms with E-state index in [-0.39, 0.29) is 21.7 Å². The van der Waals surface area contributed by atoms with E-state index in [2.05, 4.69) is 0 Å². The quantitative estimate of drug-likeness (QED) is 0.572. The summed E-state index contributed by atoms with van der Waals surface area (Å²) in [5, 5.41) is 0.808. The van der Waals surface area contributed by atoms with E-state index in [0.29, 0.717) is 23.0 Å². The Morgan fingerprint density at radius 2 is 1.82 bits per heavy atom. The van der Waals surface area contributed by atoms with Crippen LogP contribution in [0.15, 0.2) is 29.8 Å². The van der Waals surface area contributed by atoms with Gasteiger partial charge in [0.15, 0.2) is 0 Å². The smallest absolute Gasteiger partial charge is 0.359 e. The van der Waals surface area contributed by atoms with E-state index in [9.17, 15) is 4.79 Å². The molecule has 1 rings (SSSR count). The highest BCUT2D eigenvalue weighted by Gasteiger charge is 2.17. The van der Waals surface area contributed by atoms with Crippen molar-refractivity contribution in [2.45, 2.75) is 27.7 Å². The molecule has 0 aromatic heterocycles. The monoisotopic (exact) mass is 320 g/mol. The van der Waals surface area contributed by atoms with Crippen molar-refractivity contribution in [1.82, 2.24) is 0 Å². The van der Waals surface area contributed by atoms with Crippen LogP contribution in [0.1, 0.15) is 27.7 Å². The lowest BCUT2D eigenvalue weighted by atomic mass is 9.99. The van der Waals surface area contributed by atoms with Crippen molar-refractivity contribution in [1.29, 1.82) is 0 Å². The van der Waals surface area contributed by atoms with Gasteiger partial charge in [0.25, 0.3) is 0 Å². The fraction of sp³-hybridized carbons (Fsp3) is 0.471. The first-order chi connectivity index (χ1) is 10.4. The van der Waals surface area contributed by atoms with Crippen molar-refractivity contribution in [3.8, 4) is 11.5 Å². The number of benzene rings is 1. The molecule has 0 N–H and O–H groups in total. The van der Waals surface area contributed by atoms with Gasteiger partial charge in [-0.1, -0.05) is 33.8 Å². The number of carbonyl (C=O) groups is 1. The summed E-state index contributed by atoms with van der Waals surface area (Å²) in [4.78, 5) is 12.3. The number of allylic oxidation sites excluding steroid dienone is 1. The Morgan fingerprint density at radius 3 is 2.32 bits per heavy atom. The number of ether oxygens (including phenoxy) is 2. The molecule has 0 aliphatic heterocycles. The molecule has 1 aromatic carbocycles. The van der Waals surface area contributed by atoms with E-state index in [1.807, 2.05) is 52.0 Å². The maximum absolute atomic E-state index is 12.3. The van der Waals surface area contributed by atoms with E-state index in [0.717, 1.165) is 5.19 Å². The molecular weight excluding hydrogens is 296 g/mol. The molecule has 120 valence electrons. The first-order valence-electron chi connectivity index (χ1n) is 7.30. The predicted molar refractivity (Wildman–Crippen MR) is 88.8 cm³/mol. The molecule has 5 heteroatoms. The van der Waals surface area contributed by atoms with Gasteiger partial charge in [0.1, 0.15) is 11.5 Å². The summed E-state index contributed by atoms with van der Waals surface area (Å²) in [5.74, 6) is 1.56. The van der Waals surface area contributed by atoms with E-state index in [1.54, 1.807) is 14.2 Å². The van der Waals surface area contributed by atoms with Gasteiger partial charge in [-0.3, -0.25) is 0 Å². The molecule has 0 amide bonds. The second-order valence-corrected chi connectivity index (χ2v) is 6.53. The van der Waals surface area contributed by atoms with Gasteiger partial charge in [0.2, 0.25) is 0 Å². The van der Waals surface area contributed by atoms with Gasteiger partial charge in [-0.05, 0) is 30.0 Å². The molecule has 0 saturated carbocycles. The van der Waals surface area contributed by atoms with Gasteiger partial charge in [-0.15, -0.1) is 0 Å². The van der Waals surface area contributed by atoms with Gasteiger partial charge in [-0.25, -0.2) is 4.79 Å². The van der Waals surface area contributed by atoms with Crippen LogP contribution in [0.2, 0.25) is 0 Å². The van der Waals surface area contributed by atoms with Crippen LogP contribution >= 0.6 is 0 Å². The number of methoxy groups -OCH3 is 2. The van der Waals surface area contributed by atoms with Crippen molar-refractivity contribution in [2.75, 3.05) is 14.2 Å². The zero-order valence-electron chi connectivity index (χ0n) is 14.1. The van der Waals surface area contributed by atoms with Crippen molar-refractivity contribution in [2.24, 2.45) is 11.8 Å². The molecule has 4 nitrogen and oxygen atoms in total. The number of rotatable bonds is 7. The lowest BCUT2D eigenvalue weighted by Gasteiger charge is -2.13. The van der Waals surface area contributed by atoms with Crippen molar-refractivity contribution >= 4 is 20.9 Å². The highest BCUT2D eigenvalue weighted by Crippen LogP contribution is 2.16. The normalized spacial score (nSPS) is 11.7. The average Bonchev–Trinajstić information content (AvgIpc) is 2.49. The lowest BCUT2D eigenvalue weighted by molar-refractivity contribution is -0.130. The first kappa shape index (κ1) is 18.3. The maximum Gasteiger partial charge on any atom is 0.359 e. The van der Waals surface area contributed by atoms with E-state index >= 15 is 0 Å². The highest BCUT2D eigenvalue weighted by molar-refractivity contribution is 6.50. The van der Waals surface area contributed by atoms with Crippen LogP contribution in [0.25, 0.3) is 0 Å². The van der Waals surface area contributed by atoms with Crippen LogP contribution in [0.3, 0.4) is 0 Å².